The number of nitrogen functional groups attached to an aromatic ring is 1. The van der Waals surface area contributed by atoms with Gasteiger partial charge in [-0.25, -0.2) is 0 Å². The van der Waals surface area contributed by atoms with E-state index < -0.39 is 4.92 Å². The standard InChI is InChI=1S/C11H14N6O2/c1-2-16-7-14-15-11(16)6-13-10-4-3-8(17(18)19)5-9(10)12/h3-5,7,13H,2,6,12H2,1H3. The molecule has 0 aliphatic rings. The molecule has 0 radical (unpaired) electrons. The molecule has 2 rings (SSSR count). The summed E-state index contributed by atoms with van der Waals surface area (Å²) in [5.41, 5.74) is 6.70. The molecule has 0 aliphatic heterocycles. The summed E-state index contributed by atoms with van der Waals surface area (Å²) >= 11 is 0. The summed E-state index contributed by atoms with van der Waals surface area (Å²) in [6.07, 6.45) is 1.65. The third-order valence-corrected chi connectivity index (χ3v) is 2.72. The number of benzene rings is 1. The van der Waals surface area contributed by atoms with E-state index in [1.54, 1.807) is 12.4 Å². The minimum absolute atomic E-state index is 0.0280. The predicted octanol–water partition coefficient (Wildman–Crippen LogP) is 1.40. The monoisotopic (exact) mass is 262 g/mol. The van der Waals surface area contributed by atoms with Gasteiger partial charge in [0.2, 0.25) is 0 Å². The number of nitrogens with one attached hydrogen (secondary N) is 1. The van der Waals surface area contributed by atoms with Gasteiger partial charge in [-0.1, -0.05) is 0 Å². The van der Waals surface area contributed by atoms with Gasteiger partial charge in [0.05, 0.1) is 22.8 Å². The van der Waals surface area contributed by atoms with Crippen molar-refractivity contribution in [3.8, 4) is 0 Å². The molecule has 100 valence electrons. The van der Waals surface area contributed by atoms with Crippen molar-refractivity contribution in [1.29, 1.82) is 0 Å². The molecule has 0 unspecified atom stereocenters. The van der Waals surface area contributed by atoms with Crippen molar-refractivity contribution in [3.05, 3.63) is 40.5 Å². The maximum absolute atomic E-state index is 10.6. The van der Waals surface area contributed by atoms with E-state index in [1.165, 1.54) is 12.1 Å². The summed E-state index contributed by atoms with van der Waals surface area (Å²) in [7, 11) is 0. The molecule has 1 aromatic carbocycles. The van der Waals surface area contributed by atoms with Crippen LogP contribution in [0.2, 0.25) is 0 Å². The second kappa shape index (κ2) is 5.34. The van der Waals surface area contributed by atoms with Gasteiger partial charge in [0.1, 0.15) is 6.33 Å². The highest BCUT2D eigenvalue weighted by Gasteiger charge is 2.09. The van der Waals surface area contributed by atoms with Gasteiger partial charge >= 0.3 is 0 Å². The zero-order valence-electron chi connectivity index (χ0n) is 10.4. The second-order valence-corrected chi connectivity index (χ2v) is 3.92. The number of rotatable bonds is 5. The number of nitro groups is 1. The van der Waals surface area contributed by atoms with Crippen LogP contribution in [0.5, 0.6) is 0 Å². The highest BCUT2D eigenvalue weighted by Crippen LogP contribution is 2.24. The lowest BCUT2D eigenvalue weighted by atomic mass is 10.2. The summed E-state index contributed by atoms with van der Waals surface area (Å²) in [5, 5.41) is 21.5. The zero-order valence-corrected chi connectivity index (χ0v) is 10.4. The van der Waals surface area contributed by atoms with Crippen LogP contribution in [0, 0.1) is 10.1 Å². The van der Waals surface area contributed by atoms with Gasteiger partial charge in [0, 0.05) is 18.7 Å². The molecule has 2 aromatic rings. The molecular formula is C11H14N6O2. The number of nitro benzene ring substituents is 1. The molecule has 0 aliphatic carbocycles. The van der Waals surface area contributed by atoms with Crippen LogP contribution in [0.1, 0.15) is 12.7 Å². The Kier molecular flexibility index (Phi) is 3.60. The van der Waals surface area contributed by atoms with Crippen molar-refractivity contribution >= 4 is 17.1 Å². The third-order valence-electron chi connectivity index (χ3n) is 2.72. The molecule has 1 heterocycles. The quantitative estimate of drug-likeness (QED) is 0.478. The first-order valence-electron chi connectivity index (χ1n) is 5.76. The van der Waals surface area contributed by atoms with Gasteiger partial charge < -0.3 is 15.6 Å². The average Bonchev–Trinajstić information content (AvgIpc) is 2.84. The molecule has 0 spiro atoms. The van der Waals surface area contributed by atoms with Crippen LogP contribution >= 0.6 is 0 Å². The van der Waals surface area contributed by atoms with E-state index in [2.05, 4.69) is 15.5 Å². The molecule has 8 heteroatoms. The molecule has 0 saturated heterocycles. The van der Waals surface area contributed by atoms with E-state index in [4.69, 9.17) is 5.73 Å². The molecule has 0 bridgehead atoms. The fourth-order valence-corrected chi connectivity index (χ4v) is 1.68. The summed E-state index contributed by atoms with van der Waals surface area (Å²) in [4.78, 5) is 10.1. The molecular weight excluding hydrogens is 248 g/mol. The van der Waals surface area contributed by atoms with E-state index in [1.807, 2.05) is 11.5 Å². The van der Waals surface area contributed by atoms with E-state index in [0.717, 1.165) is 12.4 Å². The van der Waals surface area contributed by atoms with Crippen LogP contribution in [-0.4, -0.2) is 19.7 Å². The van der Waals surface area contributed by atoms with Gasteiger partial charge in [0.25, 0.3) is 5.69 Å². The Morgan fingerprint density at radius 1 is 1.53 bits per heavy atom. The first-order chi connectivity index (χ1) is 9.11. The van der Waals surface area contributed by atoms with Gasteiger partial charge in [-0.15, -0.1) is 10.2 Å². The molecule has 1 aromatic heterocycles. The summed E-state index contributed by atoms with van der Waals surface area (Å²) in [6, 6.07) is 4.32. The van der Waals surface area contributed by atoms with Crippen LogP contribution in [0.3, 0.4) is 0 Å². The maximum atomic E-state index is 10.6. The van der Waals surface area contributed by atoms with E-state index in [9.17, 15) is 10.1 Å². The summed E-state index contributed by atoms with van der Waals surface area (Å²) in [5.74, 6) is 0.778. The highest BCUT2D eigenvalue weighted by molar-refractivity contribution is 5.69. The number of hydrogen-bond donors (Lipinski definition) is 2. The van der Waals surface area contributed by atoms with Crippen LogP contribution in [0.4, 0.5) is 17.1 Å². The Labute approximate surface area is 109 Å². The molecule has 3 N–H and O–H groups in total. The van der Waals surface area contributed by atoms with Gasteiger partial charge in [-0.05, 0) is 13.0 Å². The van der Waals surface area contributed by atoms with Crippen LogP contribution < -0.4 is 11.1 Å². The number of non-ortho nitro benzene ring substituents is 1. The minimum atomic E-state index is -0.478. The first-order valence-corrected chi connectivity index (χ1v) is 5.76. The molecule has 19 heavy (non-hydrogen) atoms. The SMILES string of the molecule is CCn1cnnc1CNc1ccc([N+](=O)[O-])cc1N. The van der Waals surface area contributed by atoms with E-state index in [0.29, 0.717) is 17.9 Å². The molecule has 0 amide bonds. The predicted molar refractivity (Wildman–Crippen MR) is 70.5 cm³/mol. The van der Waals surface area contributed by atoms with Crippen molar-refractivity contribution < 1.29 is 4.92 Å². The topological polar surface area (TPSA) is 112 Å². The van der Waals surface area contributed by atoms with Crippen molar-refractivity contribution in [1.82, 2.24) is 14.8 Å². The second-order valence-electron chi connectivity index (χ2n) is 3.92. The summed E-state index contributed by atoms with van der Waals surface area (Å²) in [6.45, 7) is 3.22. The number of hydrogen-bond acceptors (Lipinski definition) is 6. The maximum Gasteiger partial charge on any atom is 0.271 e. The molecule has 0 fully saturated rings. The minimum Gasteiger partial charge on any atom is -0.397 e. The lowest BCUT2D eigenvalue weighted by Gasteiger charge is -2.09. The van der Waals surface area contributed by atoms with Crippen LogP contribution in [-0.2, 0) is 13.1 Å². The van der Waals surface area contributed by atoms with Crippen molar-refractivity contribution in [3.63, 3.8) is 0 Å². The normalized spacial score (nSPS) is 10.4. The summed E-state index contributed by atoms with van der Waals surface area (Å²) < 4.78 is 1.90. The smallest absolute Gasteiger partial charge is 0.271 e. The van der Waals surface area contributed by atoms with Gasteiger partial charge in [-0.3, -0.25) is 10.1 Å². The fourth-order valence-electron chi connectivity index (χ4n) is 1.68. The number of nitrogens with zero attached hydrogens (tertiary/aromatic N) is 4. The number of nitrogens with two attached hydrogens (primary N) is 1. The molecule has 8 nitrogen and oxygen atoms in total. The molecule has 0 atom stereocenters. The van der Waals surface area contributed by atoms with Crippen molar-refractivity contribution in [2.24, 2.45) is 0 Å². The lowest BCUT2D eigenvalue weighted by Crippen LogP contribution is -2.08. The Hall–Kier alpha value is -2.64. The number of aryl methyl sites for hydroxylation is 1. The van der Waals surface area contributed by atoms with Crippen LogP contribution in [0.15, 0.2) is 24.5 Å². The fraction of sp³-hybridized carbons (Fsp3) is 0.273. The van der Waals surface area contributed by atoms with Crippen molar-refractivity contribution in [2.75, 3.05) is 11.1 Å². The van der Waals surface area contributed by atoms with E-state index >= 15 is 0 Å². The highest BCUT2D eigenvalue weighted by atomic mass is 16.6. The lowest BCUT2D eigenvalue weighted by molar-refractivity contribution is -0.384. The van der Waals surface area contributed by atoms with Gasteiger partial charge in [0.15, 0.2) is 5.82 Å². The average molecular weight is 262 g/mol. The molecule has 0 saturated carbocycles. The number of anilines is 2. The van der Waals surface area contributed by atoms with Crippen molar-refractivity contribution in [2.45, 2.75) is 20.0 Å². The zero-order chi connectivity index (χ0) is 13.8. The van der Waals surface area contributed by atoms with Crippen LogP contribution in [0.25, 0.3) is 0 Å². The third kappa shape index (κ3) is 2.79. The Morgan fingerprint density at radius 3 is 2.95 bits per heavy atom. The van der Waals surface area contributed by atoms with Gasteiger partial charge in [-0.2, -0.15) is 0 Å². The Bertz CT molecular complexity index is 595. The number of aromatic nitrogens is 3. The Morgan fingerprint density at radius 2 is 2.32 bits per heavy atom. The Balaban J connectivity index is 2.10. The van der Waals surface area contributed by atoms with E-state index in [-0.39, 0.29) is 5.69 Å². The largest absolute Gasteiger partial charge is 0.397 e. The first kappa shape index (κ1) is 12.8.